The SMILES string of the molecule is CC(C)C[C@H](NC(=O)Cc1cc2ccccc2s1)C(=O)NCCCN(C)S(=O)(=O)c1sccc1C#N. The van der Waals surface area contributed by atoms with Crippen LogP contribution < -0.4 is 10.6 Å². The third kappa shape index (κ3) is 7.13. The predicted molar refractivity (Wildman–Crippen MR) is 143 cm³/mol. The maximum atomic E-state index is 12.8. The molecule has 0 aliphatic carbocycles. The van der Waals surface area contributed by atoms with E-state index in [1.807, 2.05) is 50.2 Å². The lowest BCUT2D eigenvalue weighted by Crippen LogP contribution is -2.48. The maximum absolute atomic E-state index is 12.8. The third-order valence-electron chi connectivity index (χ3n) is 5.51. The predicted octanol–water partition coefficient (Wildman–Crippen LogP) is 3.73. The van der Waals surface area contributed by atoms with E-state index in [1.54, 1.807) is 16.7 Å². The molecular formula is C25H30N4O4S3. The Bertz CT molecular complexity index is 1320. The van der Waals surface area contributed by atoms with E-state index in [4.69, 9.17) is 5.26 Å². The summed E-state index contributed by atoms with van der Waals surface area (Å²) in [6.07, 6.45) is 1.09. The van der Waals surface area contributed by atoms with Crippen LogP contribution in [0.2, 0.25) is 0 Å². The lowest BCUT2D eigenvalue weighted by Gasteiger charge is -2.21. The highest BCUT2D eigenvalue weighted by molar-refractivity contribution is 7.91. The number of amides is 2. The van der Waals surface area contributed by atoms with E-state index in [-0.39, 0.29) is 47.0 Å². The van der Waals surface area contributed by atoms with Crippen LogP contribution in [0.15, 0.2) is 46.0 Å². The fourth-order valence-electron chi connectivity index (χ4n) is 3.71. The van der Waals surface area contributed by atoms with Crippen LogP contribution >= 0.6 is 22.7 Å². The Morgan fingerprint density at radius 1 is 1.19 bits per heavy atom. The fourth-order valence-corrected chi connectivity index (χ4v) is 7.42. The smallest absolute Gasteiger partial charge is 0.253 e. The third-order valence-corrected chi connectivity index (χ3v) is 9.95. The van der Waals surface area contributed by atoms with Crippen molar-refractivity contribution in [2.24, 2.45) is 5.92 Å². The van der Waals surface area contributed by atoms with Gasteiger partial charge in [0.2, 0.25) is 11.8 Å². The fraction of sp³-hybridized carbons (Fsp3) is 0.400. The number of nitrogens with zero attached hydrogens (tertiary/aromatic N) is 2. The van der Waals surface area contributed by atoms with E-state index in [0.29, 0.717) is 12.8 Å². The first-order chi connectivity index (χ1) is 17.1. The second-order valence-corrected chi connectivity index (χ2v) is 13.2. The summed E-state index contributed by atoms with van der Waals surface area (Å²) in [6, 6.07) is 12.7. The highest BCUT2D eigenvalue weighted by Gasteiger charge is 2.26. The van der Waals surface area contributed by atoms with Crippen LogP contribution in [-0.4, -0.2) is 50.7 Å². The Morgan fingerprint density at radius 3 is 2.64 bits per heavy atom. The van der Waals surface area contributed by atoms with Crippen molar-refractivity contribution < 1.29 is 18.0 Å². The lowest BCUT2D eigenvalue weighted by atomic mass is 10.0. The van der Waals surface area contributed by atoms with Crippen LogP contribution in [0.1, 0.15) is 37.1 Å². The van der Waals surface area contributed by atoms with Gasteiger partial charge in [-0.05, 0) is 47.7 Å². The number of nitrogens with one attached hydrogen (secondary N) is 2. The minimum Gasteiger partial charge on any atom is -0.354 e. The molecule has 2 heterocycles. The van der Waals surface area contributed by atoms with Gasteiger partial charge in [-0.3, -0.25) is 9.59 Å². The number of hydrogen-bond donors (Lipinski definition) is 2. The molecule has 8 nitrogen and oxygen atoms in total. The topological polar surface area (TPSA) is 119 Å². The van der Waals surface area contributed by atoms with Gasteiger partial charge in [0.15, 0.2) is 4.21 Å². The Labute approximate surface area is 220 Å². The molecule has 3 aromatic rings. The first kappa shape index (κ1) is 27.8. The van der Waals surface area contributed by atoms with Crippen LogP contribution in [-0.2, 0) is 26.0 Å². The van der Waals surface area contributed by atoms with Gasteiger partial charge < -0.3 is 10.6 Å². The highest BCUT2D eigenvalue weighted by atomic mass is 32.2. The molecule has 0 bridgehead atoms. The molecule has 11 heteroatoms. The second-order valence-electron chi connectivity index (χ2n) is 8.88. The number of carbonyl (C=O) groups is 2. The molecule has 1 aromatic carbocycles. The average molecular weight is 547 g/mol. The molecule has 0 unspecified atom stereocenters. The summed E-state index contributed by atoms with van der Waals surface area (Å²) in [7, 11) is -2.31. The van der Waals surface area contributed by atoms with Crippen LogP contribution in [0.25, 0.3) is 10.1 Å². The Hall–Kier alpha value is -2.78. The molecule has 0 aliphatic heterocycles. The minimum atomic E-state index is -3.77. The number of thiophene rings is 2. The van der Waals surface area contributed by atoms with Gasteiger partial charge in [-0.2, -0.15) is 5.26 Å². The molecule has 0 radical (unpaired) electrons. The number of fused-ring (bicyclic) bond motifs is 1. The second kappa shape index (κ2) is 12.5. The zero-order chi connectivity index (χ0) is 26.3. The summed E-state index contributed by atoms with van der Waals surface area (Å²) in [5.74, 6) is -0.303. The van der Waals surface area contributed by atoms with Crippen molar-refractivity contribution in [2.45, 2.75) is 43.4 Å². The zero-order valence-corrected chi connectivity index (χ0v) is 22.9. The van der Waals surface area contributed by atoms with Crippen molar-refractivity contribution in [3.63, 3.8) is 0 Å². The molecule has 3 rings (SSSR count). The monoisotopic (exact) mass is 546 g/mol. The molecule has 0 aliphatic rings. The standard InChI is InChI=1S/C25H30N4O4S3/c1-17(2)13-21(28-23(30)15-20-14-18-7-4-5-8-22(18)35-20)24(31)27-10-6-11-29(3)36(32,33)25-19(16-26)9-12-34-25/h4-5,7-9,12,14,17,21H,6,10-11,13,15H2,1-3H3,(H,27,31)(H,28,30)/t21-/m0/s1. The molecule has 2 amide bonds. The van der Waals surface area contributed by atoms with Crippen molar-refractivity contribution in [3.8, 4) is 6.07 Å². The lowest BCUT2D eigenvalue weighted by molar-refractivity contribution is -0.129. The van der Waals surface area contributed by atoms with Crippen molar-refractivity contribution >= 4 is 54.6 Å². The maximum Gasteiger partial charge on any atom is 0.253 e. The van der Waals surface area contributed by atoms with E-state index in [0.717, 1.165) is 26.3 Å². The van der Waals surface area contributed by atoms with Crippen molar-refractivity contribution in [1.82, 2.24) is 14.9 Å². The number of hydrogen-bond acceptors (Lipinski definition) is 7. The van der Waals surface area contributed by atoms with Gasteiger partial charge in [-0.15, -0.1) is 22.7 Å². The molecule has 0 saturated heterocycles. The number of benzene rings is 1. The molecular weight excluding hydrogens is 517 g/mol. The van der Waals surface area contributed by atoms with Crippen LogP contribution in [0.5, 0.6) is 0 Å². The number of sulfonamides is 1. The summed E-state index contributed by atoms with van der Waals surface area (Å²) in [6.45, 7) is 4.41. The summed E-state index contributed by atoms with van der Waals surface area (Å²) in [4.78, 5) is 26.5. The van der Waals surface area contributed by atoms with Gasteiger partial charge in [0.1, 0.15) is 12.1 Å². The molecule has 0 fully saturated rings. The van der Waals surface area contributed by atoms with Crippen molar-refractivity contribution in [3.05, 3.63) is 52.2 Å². The minimum absolute atomic E-state index is 0.0230. The van der Waals surface area contributed by atoms with E-state index >= 15 is 0 Å². The summed E-state index contributed by atoms with van der Waals surface area (Å²) in [5.41, 5.74) is 0.128. The number of nitriles is 1. The van der Waals surface area contributed by atoms with Gasteiger partial charge in [-0.25, -0.2) is 12.7 Å². The molecule has 2 N–H and O–H groups in total. The first-order valence-electron chi connectivity index (χ1n) is 11.6. The van der Waals surface area contributed by atoms with Crippen LogP contribution in [0, 0.1) is 17.2 Å². The summed E-state index contributed by atoms with van der Waals surface area (Å²) in [5, 5.41) is 17.5. The summed E-state index contributed by atoms with van der Waals surface area (Å²) < 4.78 is 27.7. The molecule has 36 heavy (non-hydrogen) atoms. The number of carbonyl (C=O) groups excluding carboxylic acids is 2. The van der Waals surface area contributed by atoms with Crippen LogP contribution in [0.3, 0.4) is 0 Å². The van der Waals surface area contributed by atoms with E-state index in [1.165, 1.54) is 17.4 Å². The van der Waals surface area contributed by atoms with E-state index < -0.39 is 16.1 Å². The molecule has 0 spiro atoms. The van der Waals surface area contributed by atoms with Crippen LogP contribution in [0.4, 0.5) is 0 Å². The Kier molecular flexibility index (Phi) is 9.62. The normalized spacial score (nSPS) is 12.6. The van der Waals surface area contributed by atoms with Crippen molar-refractivity contribution in [1.29, 1.82) is 5.26 Å². The van der Waals surface area contributed by atoms with Gasteiger partial charge in [0.05, 0.1) is 12.0 Å². The molecule has 1 atom stereocenters. The van der Waals surface area contributed by atoms with Gasteiger partial charge in [0, 0.05) is 29.7 Å². The van der Waals surface area contributed by atoms with Gasteiger partial charge in [-0.1, -0.05) is 32.0 Å². The Balaban J connectivity index is 1.51. The number of rotatable bonds is 12. The molecule has 0 saturated carbocycles. The molecule has 2 aromatic heterocycles. The quantitative estimate of drug-likeness (QED) is 0.336. The van der Waals surface area contributed by atoms with E-state index in [2.05, 4.69) is 10.6 Å². The highest BCUT2D eigenvalue weighted by Crippen LogP contribution is 2.26. The summed E-state index contributed by atoms with van der Waals surface area (Å²) >= 11 is 2.57. The Morgan fingerprint density at radius 2 is 1.94 bits per heavy atom. The van der Waals surface area contributed by atoms with Crippen molar-refractivity contribution in [2.75, 3.05) is 20.1 Å². The largest absolute Gasteiger partial charge is 0.354 e. The zero-order valence-electron chi connectivity index (χ0n) is 20.5. The average Bonchev–Trinajstić information content (AvgIpc) is 3.47. The molecule has 192 valence electrons. The van der Waals surface area contributed by atoms with Gasteiger partial charge >= 0.3 is 0 Å². The van der Waals surface area contributed by atoms with Gasteiger partial charge in [0.25, 0.3) is 10.0 Å². The first-order valence-corrected chi connectivity index (χ1v) is 14.7. The van der Waals surface area contributed by atoms with E-state index in [9.17, 15) is 18.0 Å².